The molecule has 6 nitrogen and oxygen atoms in total. The number of hydrogen-bond acceptors (Lipinski definition) is 4. The maximum Gasteiger partial charge on any atom is 0.243 e. The van der Waals surface area contributed by atoms with Gasteiger partial charge in [0.15, 0.2) is 0 Å². The zero-order valence-electron chi connectivity index (χ0n) is 16.8. The summed E-state index contributed by atoms with van der Waals surface area (Å²) in [6, 6.07) is 14.4. The normalized spacial score (nSPS) is 12.4. The fourth-order valence-corrected chi connectivity index (χ4v) is 4.20. The van der Waals surface area contributed by atoms with E-state index in [0.717, 1.165) is 27.3 Å². The number of ether oxygens (including phenoxy) is 1. The third-order valence-corrected chi connectivity index (χ3v) is 5.45. The molecule has 0 heterocycles. The highest BCUT2D eigenvalue weighted by molar-refractivity contribution is 7.92. The fraction of sp³-hybridized carbons (Fsp3) is 0.381. The molecule has 1 unspecified atom stereocenters. The zero-order valence-corrected chi connectivity index (χ0v) is 17.6. The molecule has 7 heteroatoms. The number of nitrogens with zero attached hydrogens (tertiary/aromatic N) is 1. The Bertz CT molecular complexity index is 878. The Balaban J connectivity index is 1.96. The van der Waals surface area contributed by atoms with Crippen molar-refractivity contribution in [2.75, 3.05) is 23.7 Å². The van der Waals surface area contributed by atoms with Gasteiger partial charge < -0.3 is 10.1 Å². The predicted molar refractivity (Wildman–Crippen MR) is 112 cm³/mol. The number of benzene rings is 2. The second-order valence-electron chi connectivity index (χ2n) is 6.91. The van der Waals surface area contributed by atoms with Crippen molar-refractivity contribution in [1.29, 1.82) is 0 Å². The minimum atomic E-state index is -3.63. The summed E-state index contributed by atoms with van der Waals surface area (Å²) in [5.74, 6) is -0.368. The molecular weight excluding hydrogens is 376 g/mol. The Morgan fingerprint density at radius 1 is 1.11 bits per heavy atom. The number of carbonyl (C=O) groups excluding carboxylic acids is 1. The molecule has 1 atom stereocenters. The minimum absolute atomic E-state index is 0.306. The third kappa shape index (κ3) is 6.35. The van der Waals surface area contributed by atoms with E-state index < -0.39 is 16.1 Å². The minimum Gasteiger partial charge on any atom is -0.375 e. The molecule has 1 N–H and O–H groups in total. The molecule has 0 radical (unpaired) electrons. The summed E-state index contributed by atoms with van der Waals surface area (Å²) in [7, 11) is -3.63. The SMILES string of the molecule is Cc1cc(C)cc(N(C(C)C(=O)NCCOCc2ccccc2)S(C)(=O)=O)c1. The number of hydrogen-bond donors (Lipinski definition) is 1. The van der Waals surface area contributed by atoms with E-state index in [2.05, 4.69) is 5.32 Å². The van der Waals surface area contributed by atoms with Crippen LogP contribution in [0.2, 0.25) is 0 Å². The number of rotatable bonds is 9. The van der Waals surface area contributed by atoms with E-state index in [1.807, 2.05) is 50.2 Å². The third-order valence-electron chi connectivity index (χ3n) is 4.21. The van der Waals surface area contributed by atoms with Gasteiger partial charge in [-0.2, -0.15) is 0 Å². The Morgan fingerprint density at radius 2 is 1.71 bits per heavy atom. The molecule has 0 aliphatic carbocycles. The van der Waals surface area contributed by atoms with E-state index in [-0.39, 0.29) is 5.91 Å². The quantitative estimate of drug-likeness (QED) is 0.652. The molecule has 2 rings (SSSR count). The van der Waals surface area contributed by atoms with Crippen LogP contribution in [0.25, 0.3) is 0 Å². The number of anilines is 1. The van der Waals surface area contributed by atoms with E-state index in [0.29, 0.717) is 25.4 Å². The van der Waals surface area contributed by atoms with Gasteiger partial charge in [-0.3, -0.25) is 9.10 Å². The van der Waals surface area contributed by atoms with Gasteiger partial charge >= 0.3 is 0 Å². The molecule has 2 aromatic carbocycles. The van der Waals surface area contributed by atoms with Gasteiger partial charge in [0.2, 0.25) is 15.9 Å². The van der Waals surface area contributed by atoms with E-state index in [9.17, 15) is 13.2 Å². The molecule has 0 saturated heterocycles. The summed E-state index contributed by atoms with van der Waals surface area (Å²) in [5, 5.41) is 2.75. The van der Waals surface area contributed by atoms with Crippen molar-refractivity contribution in [2.24, 2.45) is 0 Å². The van der Waals surface area contributed by atoms with Gasteiger partial charge in [-0.25, -0.2) is 8.42 Å². The molecule has 0 fully saturated rings. The summed E-state index contributed by atoms with van der Waals surface area (Å²) < 4.78 is 31.4. The first-order chi connectivity index (χ1) is 13.2. The monoisotopic (exact) mass is 404 g/mol. The molecule has 0 aromatic heterocycles. The number of aryl methyl sites for hydroxylation is 2. The van der Waals surface area contributed by atoms with Crippen molar-refractivity contribution in [3.8, 4) is 0 Å². The average Bonchev–Trinajstić information content (AvgIpc) is 2.60. The van der Waals surface area contributed by atoms with Crippen LogP contribution in [0.1, 0.15) is 23.6 Å². The van der Waals surface area contributed by atoms with Gasteiger partial charge in [0.1, 0.15) is 6.04 Å². The molecule has 0 aliphatic rings. The van der Waals surface area contributed by atoms with E-state index in [1.165, 1.54) is 0 Å². The summed E-state index contributed by atoms with van der Waals surface area (Å²) in [4.78, 5) is 12.5. The topological polar surface area (TPSA) is 75.7 Å². The first-order valence-corrected chi connectivity index (χ1v) is 11.0. The van der Waals surface area contributed by atoms with Crippen LogP contribution in [-0.4, -0.2) is 39.8 Å². The van der Waals surface area contributed by atoms with E-state index in [1.54, 1.807) is 19.1 Å². The molecule has 152 valence electrons. The van der Waals surface area contributed by atoms with E-state index >= 15 is 0 Å². The van der Waals surface area contributed by atoms with Gasteiger partial charge in [-0.05, 0) is 49.6 Å². The molecule has 2 aromatic rings. The summed E-state index contributed by atoms with van der Waals surface area (Å²) in [6.07, 6.45) is 1.11. The second-order valence-corrected chi connectivity index (χ2v) is 8.77. The van der Waals surface area contributed by atoms with Crippen molar-refractivity contribution in [3.05, 3.63) is 65.2 Å². The first kappa shape index (κ1) is 21.9. The standard InChI is InChI=1S/C21H28N2O4S/c1-16-12-17(2)14-20(13-16)23(28(4,25)26)18(3)21(24)22-10-11-27-15-19-8-6-5-7-9-19/h5-9,12-14,18H,10-11,15H2,1-4H3,(H,22,24). The Labute approximate surface area is 167 Å². The zero-order chi connectivity index (χ0) is 20.7. The number of carbonyl (C=O) groups is 1. The lowest BCUT2D eigenvalue weighted by molar-refractivity contribution is -0.122. The number of nitrogens with one attached hydrogen (secondary N) is 1. The van der Waals surface area contributed by atoms with Crippen LogP contribution in [0.4, 0.5) is 5.69 Å². The molecular formula is C21H28N2O4S. The van der Waals surface area contributed by atoms with Crippen LogP contribution < -0.4 is 9.62 Å². The van der Waals surface area contributed by atoms with Crippen LogP contribution in [0.3, 0.4) is 0 Å². The van der Waals surface area contributed by atoms with Crippen molar-refractivity contribution in [2.45, 2.75) is 33.4 Å². The molecule has 0 saturated carbocycles. The first-order valence-electron chi connectivity index (χ1n) is 9.15. The van der Waals surface area contributed by atoms with Crippen LogP contribution in [0, 0.1) is 13.8 Å². The molecule has 0 spiro atoms. The van der Waals surface area contributed by atoms with Crippen LogP contribution in [0.15, 0.2) is 48.5 Å². The van der Waals surface area contributed by atoms with Gasteiger partial charge in [-0.1, -0.05) is 36.4 Å². The highest BCUT2D eigenvalue weighted by Crippen LogP contribution is 2.23. The van der Waals surface area contributed by atoms with Crippen molar-refractivity contribution < 1.29 is 17.9 Å². The lowest BCUT2D eigenvalue weighted by Gasteiger charge is -2.28. The van der Waals surface area contributed by atoms with Crippen molar-refractivity contribution in [1.82, 2.24) is 5.32 Å². The van der Waals surface area contributed by atoms with Crippen LogP contribution in [0.5, 0.6) is 0 Å². The molecule has 0 aliphatic heterocycles. The van der Waals surface area contributed by atoms with Gasteiger partial charge in [0, 0.05) is 6.54 Å². The van der Waals surface area contributed by atoms with Gasteiger partial charge in [-0.15, -0.1) is 0 Å². The summed E-state index contributed by atoms with van der Waals surface area (Å²) >= 11 is 0. The number of sulfonamides is 1. The van der Waals surface area contributed by atoms with Crippen molar-refractivity contribution in [3.63, 3.8) is 0 Å². The maximum absolute atomic E-state index is 12.5. The van der Waals surface area contributed by atoms with E-state index in [4.69, 9.17) is 4.74 Å². The second kappa shape index (κ2) is 9.71. The Morgan fingerprint density at radius 3 is 2.29 bits per heavy atom. The highest BCUT2D eigenvalue weighted by Gasteiger charge is 2.29. The predicted octanol–water partition coefficient (Wildman–Crippen LogP) is 2.79. The van der Waals surface area contributed by atoms with Crippen LogP contribution >= 0.6 is 0 Å². The largest absolute Gasteiger partial charge is 0.375 e. The average molecular weight is 405 g/mol. The molecule has 28 heavy (non-hydrogen) atoms. The maximum atomic E-state index is 12.5. The van der Waals surface area contributed by atoms with Gasteiger partial charge in [0.05, 0.1) is 25.2 Å². The fourth-order valence-electron chi connectivity index (χ4n) is 3.05. The van der Waals surface area contributed by atoms with Gasteiger partial charge in [0.25, 0.3) is 0 Å². The highest BCUT2D eigenvalue weighted by atomic mass is 32.2. The Kier molecular flexibility index (Phi) is 7.60. The molecule has 0 bridgehead atoms. The number of amides is 1. The molecule has 1 amide bonds. The van der Waals surface area contributed by atoms with Crippen LogP contribution in [-0.2, 0) is 26.2 Å². The smallest absolute Gasteiger partial charge is 0.243 e. The lowest BCUT2D eigenvalue weighted by Crippen LogP contribution is -2.48. The lowest BCUT2D eigenvalue weighted by atomic mass is 10.1. The Hall–Kier alpha value is -2.38. The summed E-state index contributed by atoms with van der Waals surface area (Å²) in [5.41, 5.74) is 3.42. The van der Waals surface area contributed by atoms with Crippen molar-refractivity contribution >= 4 is 21.6 Å². The summed E-state index contributed by atoms with van der Waals surface area (Å²) in [6.45, 7) is 6.48.